The fraction of sp³-hybridized carbons (Fsp3) is 0.650. The van der Waals surface area contributed by atoms with Crippen LogP contribution in [0.1, 0.15) is 38.2 Å². The Kier molecular flexibility index (Phi) is 10.8. The zero-order valence-corrected chi connectivity index (χ0v) is 20.6. The van der Waals surface area contributed by atoms with E-state index in [9.17, 15) is 8.42 Å². The zero-order valence-electron chi connectivity index (χ0n) is 17.5. The largest absolute Gasteiger partial charge is 0.356 e. The van der Waals surface area contributed by atoms with Gasteiger partial charge in [-0.3, -0.25) is 4.99 Å². The standard InChI is InChI=1S/C20H34N4O2S.HI/c1-5-27(25,26)23(4)14-9-13-22-20(21-3)24-15-12-19(17(2)16-24)18-10-7-6-8-11-18;/h6-8,10-11,17,19H,5,9,12-16H2,1-4H3,(H,21,22);1H. The number of nitrogens with one attached hydrogen (secondary N) is 1. The van der Waals surface area contributed by atoms with Crippen molar-refractivity contribution < 1.29 is 8.42 Å². The summed E-state index contributed by atoms with van der Waals surface area (Å²) in [6, 6.07) is 10.8. The van der Waals surface area contributed by atoms with Crippen LogP contribution < -0.4 is 5.32 Å². The molecule has 0 bridgehead atoms. The topological polar surface area (TPSA) is 65.0 Å². The normalized spacial score (nSPS) is 20.8. The Morgan fingerprint density at radius 3 is 2.57 bits per heavy atom. The van der Waals surface area contributed by atoms with Crippen molar-refractivity contribution in [3.8, 4) is 0 Å². The van der Waals surface area contributed by atoms with Crippen LogP contribution in [0.2, 0.25) is 0 Å². The number of sulfonamides is 1. The summed E-state index contributed by atoms with van der Waals surface area (Å²) in [7, 11) is 0.352. The minimum Gasteiger partial charge on any atom is -0.356 e. The molecule has 0 amide bonds. The first-order chi connectivity index (χ1) is 12.9. The molecular formula is C20H35IN4O2S. The number of hydrogen-bond donors (Lipinski definition) is 1. The number of nitrogens with zero attached hydrogens (tertiary/aromatic N) is 3. The quantitative estimate of drug-likeness (QED) is 0.259. The molecule has 1 aliphatic heterocycles. The average molecular weight is 522 g/mol. The third-order valence-electron chi connectivity index (χ3n) is 5.42. The van der Waals surface area contributed by atoms with E-state index in [1.807, 2.05) is 7.05 Å². The monoisotopic (exact) mass is 522 g/mol. The Balaban J connectivity index is 0.00000392. The molecule has 2 rings (SSSR count). The lowest BCUT2D eigenvalue weighted by molar-refractivity contribution is 0.234. The molecule has 1 fully saturated rings. The van der Waals surface area contributed by atoms with E-state index in [4.69, 9.17) is 0 Å². The molecule has 2 atom stereocenters. The maximum atomic E-state index is 11.8. The first-order valence-corrected chi connectivity index (χ1v) is 11.4. The summed E-state index contributed by atoms with van der Waals surface area (Å²) in [4.78, 5) is 6.74. The summed E-state index contributed by atoms with van der Waals surface area (Å²) < 4.78 is 25.0. The number of aliphatic imine (C=N–C) groups is 1. The number of rotatable bonds is 7. The van der Waals surface area contributed by atoms with Crippen molar-refractivity contribution in [3.05, 3.63) is 35.9 Å². The Morgan fingerprint density at radius 2 is 2.00 bits per heavy atom. The molecule has 2 unspecified atom stereocenters. The summed E-state index contributed by atoms with van der Waals surface area (Å²) in [6.07, 6.45) is 1.87. The molecule has 1 heterocycles. The highest BCUT2D eigenvalue weighted by molar-refractivity contribution is 14.0. The van der Waals surface area contributed by atoms with Gasteiger partial charge in [0.15, 0.2) is 5.96 Å². The van der Waals surface area contributed by atoms with Crippen LogP contribution in [0.3, 0.4) is 0 Å². The van der Waals surface area contributed by atoms with Gasteiger partial charge in [-0.05, 0) is 37.2 Å². The maximum Gasteiger partial charge on any atom is 0.213 e. The number of likely N-dealkylation sites (tertiary alicyclic amines) is 1. The Labute approximate surface area is 187 Å². The van der Waals surface area contributed by atoms with Crippen molar-refractivity contribution in [3.63, 3.8) is 0 Å². The van der Waals surface area contributed by atoms with Gasteiger partial charge in [-0.15, -0.1) is 24.0 Å². The molecule has 0 aromatic heterocycles. The van der Waals surface area contributed by atoms with E-state index in [2.05, 4.69) is 52.5 Å². The third kappa shape index (κ3) is 6.88. The van der Waals surface area contributed by atoms with Crippen LogP contribution in [0.5, 0.6) is 0 Å². The molecular weight excluding hydrogens is 487 g/mol. The lowest BCUT2D eigenvalue weighted by Gasteiger charge is -2.39. The van der Waals surface area contributed by atoms with Gasteiger partial charge in [0, 0.05) is 40.3 Å². The van der Waals surface area contributed by atoms with E-state index in [0.29, 0.717) is 24.9 Å². The second-order valence-corrected chi connectivity index (χ2v) is 9.64. The van der Waals surface area contributed by atoms with E-state index in [-0.39, 0.29) is 29.7 Å². The molecule has 8 heteroatoms. The van der Waals surface area contributed by atoms with Gasteiger partial charge in [0.25, 0.3) is 0 Å². The number of benzene rings is 1. The van der Waals surface area contributed by atoms with Gasteiger partial charge >= 0.3 is 0 Å². The lowest BCUT2D eigenvalue weighted by Crippen LogP contribution is -2.48. The highest BCUT2D eigenvalue weighted by Crippen LogP contribution is 2.32. The average Bonchev–Trinajstić information content (AvgIpc) is 2.68. The molecule has 0 saturated carbocycles. The predicted octanol–water partition coefficient (Wildman–Crippen LogP) is 2.98. The minimum absolute atomic E-state index is 0. The van der Waals surface area contributed by atoms with E-state index in [0.717, 1.165) is 31.9 Å². The van der Waals surface area contributed by atoms with Crippen LogP contribution in [-0.4, -0.2) is 69.6 Å². The van der Waals surface area contributed by atoms with Crippen LogP contribution >= 0.6 is 24.0 Å². The van der Waals surface area contributed by atoms with Crippen molar-refractivity contribution in [2.24, 2.45) is 10.9 Å². The summed E-state index contributed by atoms with van der Waals surface area (Å²) in [5.74, 6) is 2.20. The summed E-state index contributed by atoms with van der Waals surface area (Å²) in [5.41, 5.74) is 1.42. The van der Waals surface area contributed by atoms with Crippen molar-refractivity contribution in [1.29, 1.82) is 0 Å². The van der Waals surface area contributed by atoms with Crippen LogP contribution in [-0.2, 0) is 10.0 Å². The second kappa shape index (κ2) is 12.0. The highest BCUT2D eigenvalue weighted by Gasteiger charge is 2.28. The second-order valence-electron chi connectivity index (χ2n) is 7.28. The third-order valence-corrected chi connectivity index (χ3v) is 7.28. The Hall–Kier alpha value is -0.870. The molecule has 0 aliphatic carbocycles. The van der Waals surface area contributed by atoms with Crippen LogP contribution in [0, 0.1) is 5.92 Å². The summed E-state index contributed by atoms with van der Waals surface area (Å²) in [6.45, 7) is 7.17. The van der Waals surface area contributed by atoms with E-state index in [1.54, 1.807) is 14.0 Å². The number of piperidine rings is 1. The molecule has 1 aromatic rings. The lowest BCUT2D eigenvalue weighted by atomic mass is 9.82. The smallest absolute Gasteiger partial charge is 0.213 e. The van der Waals surface area contributed by atoms with Crippen molar-refractivity contribution in [1.82, 2.24) is 14.5 Å². The van der Waals surface area contributed by atoms with Crippen LogP contribution in [0.25, 0.3) is 0 Å². The molecule has 160 valence electrons. The fourth-order valence-electron chi connectivity index (χ4n) is 3.73. The first-order valence-electron chi connectivity index (χ1n) is 9.83. The molecule has 1 saturated heterocycles. The maximum absolute atomic E-state index is 11.8. The van der Waals surface area contributed by atoms with Crippen molar-refractivity contribution >= 4 is 40.0 Å². The molecule has 6 nitrogen and oxygen atoms in total. The van der Waals surface area contributed by atoms with Gasteiger partial charge in [0.05, 0.1) is 5.75 Å². The first kappa shape index (κ1) is 25.2. The Bertz CT molecular complexity index is 712. The molecule has 1 aromatic carbocycles. The van der Waals surface area contributed by atoms with Gasteiger partial charge in [-0.1, -0.05) is 37.3 Å². The number of halogens is 1. The SMILES string of the molecule is CCS(=O)(=O)N(C)CCCNC(=NC)N1CCC(c2ccccc2)C(C)C1.I. The van der Waals surface area contributed by atoms with E-state index >= 15 is 0 Å². The molecule has 1 aliphatic rings. The van der Waals surface area contributed by atoms with Crippen molar-refractivity contribution in [2.75, 3.05) is 46.0 Å². The number of guanidine groups is 1. The van der Waals surface area contributed by atoms with E-state index < -0.39 is 10.0 Å². The summed E-state index contributed by atoms with van der Waals surface area (Å²) >= 11 is 0. The minimum atomic E-state index is -3.10. The number of hydrogen-bond acceptors (Lipinski definition) is 3. The van der Waals surface area contributed by atoms with Crippen molar-refractivity contribution in [2.45, 2.75) is 32.6 Å². The molecule has 0 spiro atoms. The van der Waals surface area contributed by atoms with E-state index in [1.165, 1.54) is 9.87 Å². The van der Waals surface area contributed by atoms with Gasteiger partial charge in [-0.25, -0.2) is 12.7 Å². The zero-order chi connectivity index (χ0) is 19.9. The van der Waals surface area contributed by atoms with Crippen LogP contribution in [0.15, 0.2) is 35.3 Å². The highest BCUT2D eigenvalue weighted by atomic mass is 127. The predicted molar refractivity (Wildman–Crippen MR) is 128 cm³/mol. The summed E-state index contributed by atoms with van der Waals surface area (Å²) in [5, 5.41) is 3.39. The van der Waals surface area contributed by atoms with Gasteiger partial charge in [-0.2, -0.15) is 0 Å². The fourth-order valence-corrected chi connectivity index (χ4v) is 4.58. The van der Waals surface area contributed by atoms with Gasteiger partial charge in [0.2, 0.25) is 10.0 Å². The van der Waals surface area contributed by atoms with Gasteiger partial charge in [0.1, 0.15) is 0 Å². The van der Waals surface area contributed by atoms with Crippen LogP contribution in [0.4, 0.5) is 0 Å². The molecule has 0 radical (unpaired) electrons. The Morgan fingerprint density at radius 1 is 1.32 bits per heavy atom. The van der Waals surface area contributed by atoms with Gasteiger partial charge < -0.3 is 10.2 Å². The molecule has 28 heavy (non-hydrogen) atoms. The molecule has 1 N–H and O–H groups in total.